The SMILES string of the molecule is Cc1cc(C)c(CNCCc2ccc(Cl)s2)cc1C. The molecular formula is C16H20ClNS. The summed E-state index contributed by atoms with van der Waals surface area (Å²) in [5, 5.41) is 3.51. The molecule has 1 N–H and O–H groups in total. The van der Waals surface area contributed by atoms with Gasteiger partial charge in [-0.25, -0.2) is 0 Å². The topological polar surface area (TPSA) is 12.0 Å². The average molecular weight is 294 g/mol. The molecule has 0 fully saturated rings. The second-order valence-electron chi connectivity index (χ2n) is 5.00. The van der Waals surface area contributed by atoms with Crippen molar-refractivity contribution in [2.24, 2.45) is 0 Å². The zero-order chi connectivity index (χ0) is 13.8. The number of thiophene rings is 1. The van der Waals surface area contributed by atoms with Crippen LogP contribution >= 0.6 is 22.9 Å². The van der Waals surface area contributed by atoms with Gasteiger partial charge in [-0.15, -0.1) is 11.3 Å². The highest BCUT2D eigenvalue weighted by molar-refractivity contribution is 7.16. The summed E-state index contributed by atoms with van der Waals surface area (Å²) in [5.41, 5.74) is 5.50. The Labute approximate surface area is 124 Å². The number of halogens is 1. The van der Waals surface area contributed by atoms with Gasteiger partial charge in [-0.05, 0) is 61.6 Å². The number of hydrogen-bond acceptors (Lipinski definition) is 2. The van der Waals surface area contributed by atoms with E-state index in [4.69, 9.17) is 11.6 Å². The number of aryl methyl sites for hydroxylation is 3. The molecule has 0 aliphatic rings. The van der Waals surface area contributed by atoms with Gasteiger partial charge >= 0.3 is 0 Å². The predicted molar refractivity (Wildman–Crippen MR) is 85.4 cm³/mol. The molecule has 0 radical (unpaired) electrons. The first-order valence-electron chi connectivity index (χ1n) is 6.58. The van der Waals surface area contributed by atoms with Crippen LogP contribution in [0, 0.1) is 20.8 Å². The van der Waals surface area contributed by atoms with Gasteiger partial charge in [0.2, 0.25) is 0 Å². The van der Waals surface area contributed by atoms with Crippen LogP contribution in [0.2, 0.25) is 4.34 Å². The zero-order valence-corrected chi connectivity index (χ0v) is 13.3. The van der Waals surface area contributed by atoms with Crippen LogP contribution in [0.3, 0.4) is 0 Å². The van der Waals surface area contributed by atoms with Crippen LogP contribution in [0.1, 0.15) is 27.1 Å². The molecule has 1 aromatic carbocycles. The lowest BCUT2D eigenvalue weighted by Crippen LogP contribution is -2.17. The molecule has 1 nitrogen and oxygen atoms in total. The first-order valence-corrected chi connectivity index (χ1v) is 7.77. The number of nitrogens with one attached hydrogen (secondary N) is 1. The van der Waals surface area contributed by atoms with Gasteiger partial charge in [0.25, 0.3) is 0 Å². The summed E-state index contributed by atoms with van der Waals surface area (Å²) >= 11 is 7.59. The van der Waals surface area contributed by atoms with Crippen LogP contribution in [-0.2, 0) is 13.0 Å². The average Bonchev–Trinajstić information content (AvgIpc) is 2.77. The molecule has 0 atom stereocenters. The Morgan fingerprint density at radius 1 is 1.05 bits per heavy atom. The van der Waals surface area contributed by atoms with E-state index >= 15 is 0 Å². The third kappa shape index (κ3) is 4.07. The van der Waals surface area contributed by atoms with Crippen molar-refractivity contribution in [2.45, 2.75) is 33.7 Å². The molecule has 19 heavy (non-hydrogen) atoms. The van der Waals surface area contributed by atoms with Crippen LogP contribution in [0.4, 0.5) is 0 Å². The minimum Gasteiger partial charge on any atom is -0.312 e. The molecule has 0 aliphatic carbocycles. The monoisotopic (exact) mass is 293 g/mol. The van der Waals surface area contributed by atoms with Crippen LogP contribution in [0.5, 0.6) is 0 Å². The quantitative estimate of drug-likeness (QED) is 0.791. The summed E-state index contributed by atoms with van der Waals surface area (Å²) < 4.78 is 0.875. The molecule has 0 unspecified atom stereocenters. The molecule has 2 rings (SSSR count). The fraction of sp³-hybridized carbons (Fsp3) is 0.375. The van der Waals surface area contributed by atoms with Gasteiger partial charge in [0.1, 0.15) is 0 Å². The third-order valence-corrected chi connectivity index (χ3v) is 4.74. The van der Waals surface area contributed by atoms with E-state index < -0.39 is 0 Å². The van der Waals surface area contributed by atoms with Crippen molar-refractivity contribution in [3.8, 4) is 0 Å². The normalized spacial score (nSPS) is 10.9. The highest BCUT2D eigenvalue weighted by atomic mass is 35.5. The van der Waals surface area contributed by atoms with Crippen molar-refractivity contribution in [3.63, 3.8) is 0 Å². The van der Waals surface area contributed by atoms with Crippen molar-refractivity contribution < 1.29 is 0 Å². The Morgan fingerprint density at radius 2 is 1.79 bits per heavy atom. The zero-order valence-electron chi connectivity index (χ0n) is 11.7. The minimum absolute atomic E-state index is 0.875. The van der Waals surface area contributed by atoms with Crippen molar-refractivity contribution in [1.29, 1.82) is 0 Å². The van der Waals surface area contributed by atoms with Gasteiger partial charge in [-0.2, -0.15) is 0 Å². The van der Waals surface area contributed by atoms with Gasteiger partial charge in [-0.3, -0.25) is 0 Å². The summed E-state index contributed by atoms with van der Waals surface area (Å²) in [6.07, 6.45) is 1.04. The van der Waals surface area contributed by atoms with Gasteiger partial charge in [0.05, 0.1) is 4.34 Å². The van der Waals surface area contributed by atoms with E-state index in [1.165, 1.54) is 27.1 Å². The predicted octanol–water partition coefficient (Wildman–Crippen LogP) is 4.66. The van der Waals surface area contributed by atoms with E-state index in [2.05, 4.69) is 44.3 Å². The Morgan fingerprint density at radius 3 is 2.47 bits per heavy atom. The van der Waals surface area contributed by atoms with Gasteiger partial charge < -0.3 is 5.32 Å². The largest absolute Gasteiger partial charge is 0.312 e. The van der Waals surface area contributed by atoms with Crippen LogP contribution in [0.15, 0.2) is 24.3 Å². The van der Waals surface area contributed by atoms with E-state index in [1.54, 1.807) is 11.3 Å². The molecule has 0 bridgehead atoms. The van der Waals surface area contributed by atoms with Crippen LogP contribution in [-0.4, -0.2) is 6.54 Å². The molecule has 2 aromatic rings. The third-order valence-electron chi connectivity index (χ3n) is 3.44. The fourth-order valence-corrected chi connectivity index (χ4v) is 3.22. The van der Waals surface area contributed by atoms with Gasteiger partial charge in [0.15, 0.2) is 0 Å². The molecule has 0 aliphatic heterocycles. The standard InChI is InChI=1S/C16H20ClNS/c1-11-8-13(3)14(9-12(11)2)10-18-7-6-15-4-5-16(17)19-15/h4-5,8-9,18H,6-7,10H2,1-3H3. The lowest BCUT2D eigenvalue weighted by atomic mass is 10.0. The van der Waals surface area contributed by atoms with Crippen molar-refractivity contribution in [3.05, 3.63) is 55.7 Å². The van der Waals surface area contributed by atoms with Crippen LogP contribution < -0.4 is 5.32 Å². The maximum Gasteiger partial charge on any atom is 0.0931 e. The lowest BCUT2D eigenvalue weighted by Gasteiger charge is -2.10. The minimum atomic E-state index is 0.875. The van der Waals surface area contributed by atoms with E-state index in [0.717, 1.165) is 23.8 Å². The molecule has 3 heteroatoms. The number of benzene rings is 1. The molecular weight excluding hydrogens is 274 g/mol. The maximum absolute atomic E-state index is 5.92. The highest BCUT2D eigenvalue weighted by Crippen LogP contribution is 2.21. The second kappa shape index (κ2) is 6.56. The molecule has 0 amide bonds. The second-order valence-corrected chi connectivity index (χ2v) is 6.80. The Balaban J connectivity index is 1.84. The Kier molecular flexibility index (Phi) is 5.03. The maximum atomic E-state index is 5.92. The smallest absolute Gasteiger partial charge is 0.0931 e. The van der Waals surface area contributed by atoms with E-state index in [0.29, 0.717) is 0 Å². The van der Waals surface area contributed by atoms with Gasteiger partial charge in [-0.1, -0.05) is 23.7 Å². The summed E-state index contributed by atoms with van der Waals surface area (Å²) in [7, 11) is 0. The van der Waals surface area contributed by atoms with E-state index in [1.807, 2.05) is 6.07 Å². The van der Waals surface area contributed by atoms with Gasteiger partial charge in [0, 0.05) is 18.0 Å². The van der Waals surface area contributed by atoms with Crippen molar-refractivity contribution in [2.75, 3.05) is 6.54 Å². The Hall–Kier alpha value is -0.830. The van der Waals surface area contributed by atoms with Crippen molar-refractivity contribution in [1.82, 2.24) is 5.32 Å². The lowest BCUT2D eigenvalue weighted by molar-refractivity contribution is 0.687. The summed E-state index contributed by atoms with van der Waals surface area (Å²) in [4.78, 5) is 1.34. The van der Waals surface area contributed by atoms with E-state index in [-0.39, 0.29) is 0 Å². The summed E-state index contributed by atoms with van der Waals surface area (Å²) in [5.74, 6) is 0. The highest BCUT2D eigenvalue weighted by Gasteiger charge is 2.02. The summed E-state index contributed by atoms with van der Waals surface area (Å²) in [6, 6.07) is 8.63. The van der Waals surface area contributed by atoms with Crippen molar-refractivity contribution >= 4 is 22.9 Å². The molecule has 102 valence electrons. The number of hydrogen-bond donors (Lipinski definition) is 1. The van der Waals surface area contributed by atoms with E-state index in [9.17, 15) is 0 Å². The first kappa shape index (κ1) is 14.6. The molecule has 0 spiro atoms. The first-order chi connectivity index (χ1) is 9.06. The molecule has 1 heterocycles. The van der Waals surface area contributed by atoms with Crippen LogP contribution in [0.25, 0.3) is 0 Å². The molecule has 0 saturated carbocycles. The number of rotatable bonds is 5. The molecule has 0 saturated heterocycles. The Bertz CT molecular complexity index is 560. The summed E-state index contributed by atoms with van der Waals surface area (Å²) in [6.45, 7) is 8.45. The fourth-order valence-electron chi connectivity index (χ4n) is 2.13. The molecule has 1 aromatic heterocycles.